The minimum atomic E-state index is -0.148. The highest BCUT2D eigenvalue weighted by molar-refractivity contribution is 9.10. The third-order valence-electron chi connectivity index (χ3n) is 4.12. The molecular formula is C21H26BrNO2. The molecule has 25 heavy (non-hydrogen) atoms. The molecule has 134 valence electrons. The number of carbonyl (C=O) groups excluding carboxylic acids is 1. The lowest BCUT2D eigenvalue weighted by Crippen LogP contribution is -2.16. The highest BCUT2D eigenvalue weighted by atomic mass is 79.9. The second-order valence-electron chi connectivity index (χ2n) is 6.59. The number of amides is 1. The molecule has 0 radical (unpaired) electrons. The van der Waals surface area contributed by atoms with Crippen LogP contribution in [0.3, 0.4) is 0 Å². The second-order valence-corrected chi connectivity index (χ2v) is 7.50. The van der Waals surface area contributed by atoms with Gasteiger partial charge in [-0.1, -0.05) is 54.9 Å². The Morgan fingerprint density at radius 2 is 2.00 bits per heavy atom. The SMILES string of the molecule is CCc1cccc(C)c1NC(=O)c1cc(Br)ccc1OCCC(C)C. The predicted molar refractivity (Wildman–Crippen MR) is 108 cm³/mol. The molecule has 0 aromatic heterocycles. The number of hydrogen-bond acceptors (Lipinski definition) is 2. The maximum atomic E-state index is 12.9. The van der Waals surface area contributed by atoms with Gasteiger partial charge in [0.15, 0.2) is 0 Å². The maximum absolute atomic E-state index is 12.9. The van der Waals surface area contributed by atoms with Crippen molar-refractivity contribution in [2.75, 3.05) is 11.9 Å². The number of para-hydroxylation sites is 1. The van der Waals surface area contributed by atoms with Crippen molar-refractivity contribution < 1.29 is 9.53 Å². The van der Waals surface area contributed by atoms with Gasteiger partial charge in [0.2, 0.25) is 0 Å². The number of ether oxygens (including phenoxy) is 1. The lowest BCUT2D eigenvalue weighted by molar-refractivity contribution is 0.102. The smallest absolute Gasteiger partial charge is 0.259 e. The quantitative estimate of drug-likeness (QED) is 0.615. The average Bonchev–Trinajstić information content (AvgIpc) is 2.57. The third kappa shape index (κ3) is 5.33. The van der Waals surface area contributed by atoms with Crippen molar-refractivity contribution in [1.29, 1.82) is 0 Å². The van der Waals surface area contributed by atoms with Crippen LogP contribution in [0.25, 0.3) is 0 Å². The largest absolute Gasteiger partial charge is 0.493 e. The minimum Gasteiger partial charge on any atom is -0.493 e. The summed E-state index contributed by atoms with van der Waals surface area (Å²) in [6, 6.07) is 11.6. The summed E-state index contributed by atoms with van der Waals surface area (Å²) in [4.78, 5) is 12.9. The van der Waals surface area contributed by atoms with Gasteiger partial charge in [0.05, 0.1) is 12.2 Å². The van der Waals surface area contributed by atoms with E-state index in [0.29, 0.717) is 23.8 Å². The van der Waals surface area contributed by atoms with Gasteiger partial charge in [-0.05, 0) is 55.0 Å². The van der Waals surface area contributed by atoms with Crippen molar-refractivity contribution in [3.8, 4) is 5.75 Å². The van der Waals surface area contributed by atoms with Gasteiger partial charge >= 0.3 is 0 Å². The molecule has 0 atom stereocenters. The van der Waals surface area contributed by atoms with E-state index in [0.717, 1.165) is 34.1 Å². The molecule has 0 fully saturated rings. The van der Waals surface area contributed by atoms with Gasteiger partial charge in [-0.15, -0.1) is 0 Å². The Morgan fingerprint density at radius 1 is 1.24 bits per heavy atom. The van der Waals surface area contributed by atoms with Crippen LogP contribution in [0.4, 0.5) is 5.69 Å². The third-order valence-corrected chi connectivity index (χ3v) is 4.61. The van der Waals surface area contributed by atoms with Gasteiger partial charge < -0.3 is 10.1 Å². The lowest BCUT2D eigenvalue weighted by atomic mass is 10.1. The number of nitrogens with one attached hydrogen (secondary N) is 1. The van der Waals surface area contributed by atoms with Crippen LogP contribution < -0.4 is 10.1 Å². The van der Waals surface area contributed by atoms with E-state index in [-0.39, 0.29) is 5.91 Å². The summed E-state index contributed by atoms with van der Waals surface area (Å²) in [6.07, 6.45) is 1.82. The molecular weight excluding hydrogens is 378 g/mol. The van der Waals surface area contributed by atoms with E-state index in [1.54, 1.807) is 0 Å². The van der Waals surface area contributed by atoms with Crippen molar-refractivity contribution in [3.05, 3.63) is 57.6 Å². The summed E-state index contributed by atoms with van der Waals surface area (Å²) in [6.45, 7) is 9.01. The van der Waals surface area contributed by atoms with Gasteiger partial charge in [-0.2, -0.15) is 0 Å². The van der Waals surface area contributed by atoms with Gasteiger partial charge in [0, 0.05) is 10.2 Å². The Bertz CT molecular complexity index is 741. The maximum Gasteiger partial charge on any atom is 0.259 e. The number of rotatable bonds is 7. The number of halogens is 1. The number of carbonyl (C=O) groups is 1. The molecule has 0 heterocycles. The van der Waals surface area contributed by atoms with Crippen LogP contribution in [0.15, 0.2) is 40.9 Å². The molecule has 0 bridgehead atoms. The van der Waals surface area contributed by atoms with E-state index in [2.05, 4.69) is 42.0 Å². The Morgan fingerprint density at radius 3 is 2.68 bits per heavy atom. The number of hydrogen-bond donors (Lipinski definition) is 1. The van der Waals surface area contributed by atoms with E-state index in [4.69, 9.17) is 4.74 Å². The Balaban J connectivity index is 2.25. The molecule has 0 aliphatic heterocycles. The highest BCUT2D eigenvalue weighted by Crippen LogP contribution is 2.27. The zero-order valence-corrected chi connectivity index (χ0v) is 16.9. The van der Waals surface area contributed by atoms with Crippen molar-refractivity contribution >= 4 is 27.5 Å². The van der Waals surface area contributed by atoms with Crippen LogP contribution in [0.5, 0.6) is 5.75 Å². The molecule has 3 nitrogen and oxygen atoms in total. The van der Waals surface area contributed by atoms with Crippen LogP contribution in [0.2, 0.25) is 0 Å². The van der Waals surface area contributed by atoms with E-state index < -0.39 is 0 Å². The van der Waals surface area contributed by atoms with Gasteiger partial charge in [-0.3, -0.25) is 4.79 Å². The topological polar surface area (TPSA) is 38.3 Å². The lowest BCUT2D eigenvalue weighted by Gasteiger charge is -2.16. The fourth-order valence-electron chi connectivity index (χ4n) is 2.59. The molecule has 2 aromatic rings. The normalized spacial score (nSPS) is 10.8. The summed E-state index contributed by atoms with van der Waals surface area (Å²) in [5.41, 5.74) is 3.63. The summed E-state index contributed by atoms with van der Waals surface area (Å²) in [5, 5.41) is 3.07. The zero-order valence-electron chi connectivity index (χ0n) is 15.4. The molecule has 0 aliphatic rings. The fourth-order valence-corrected chi connectivity index (χ4v) is 2.95. The molecule has 2 rings (SSSR count). The van der Waals surface area contributed by atoms with Gasteiger partial charge in [-0.25, -0.2) is 0 Å². The molecule has 1 amide bonds. The number of anilines is 1. The standard InChI is InChI=1S/C21H26BrNO2/c1-5-16-8-6-7-15(4)20(16)23-21(24)18-13-17(22)9-10-19(18)25-12-11-14(2)3/h6-10,13-14H,5,11-12H2,1-4H3,(H,23,24). The Kier molecular flexibility index (Phi) is 7.06. The van der Waals surface area contributed by atoms with Crippen LogP contribution in [0, 0.1) is 12.8 Å². The van der Waals surface area contributed by atoms with Crippen molar-refractivity contribution in [2.45, 2.75) is 40.5 Å². The van der Waals surface area contributed by atoms with Crippen LogP contribution in [-0.4, -0.2) is 12.5 Å². The van der Waals surface area contributed by atoms with Crippen LogP contribution >= 0.6 is 15.9 Å². The first-order valence-electron chi connectivity index (χ1n) is 8.74. The molecule has 0 saturated heterocycles. The summed E-state index contributed by atoms with van der Waals surface area (Å²) < 4.78 is 6.72. The first-order chi connectivity index (χ1) is 11.9. The number of aryl methyl sites for hydroxylation is 2. The zero-order chi connectivity index (χ0) is 18.4. The molecule has 2 aromatic carbocycles. The average molecular weight is 404 g/mol. The van der Waals surface area contributed by atoms with Crippen molar-refractivity contribution in [1.82, 2.24) is 0 Å². The minimum absolute atomic E-state index is 0.148. The molecule has 0 unspecified atom stereocenters. The van der Waals surface area contributed by atoms with E-state index in [1.807, 2.05) is 43.3 Å². The highest BCUT2D eigenvalue weighted by Gasteiger charge is 2.16. The molecule has 1 N–H and O–H groups in total. The molecule has 0 spiro atoms. The first-order valence-corrected chi connectivity index (χ1v) is 9.53. The van der Waals surface area contributed by atoms with E-state index >= 15 is 0 Å². The van der Waals surface area contributed by atoms with Crippen LogP contribution in [0.1, 0.15) is 48.7 Å². The molecule has 4 heteroatoms. The van der Waals surface area contributed by atoms with Crippen molar-refractivity contribution in [2.24, 2.45) is 5.92 Å². The Labute approximate surface area is 158 Å². The van der Waals surface area contributed by atoms with E-state index in [9.17, 15) is 4.79 Å². The Hall–Kier alpha value is -1.81. The summed E-state index contributed by atoms with van der Waals surface area (Å²) in [7, 11) is 0. The van der Waals surface area contributed by atoms with E-state index in [1.165, 1.54) is 0 Å². The molecule has 0 aliphatic carbocycles. The second kappa shape index (κ2) is 9.04. The summed E-state index contributed by atoms with van der Waals surface area (Å²) >= 11 is 3.45. The predicted octanol–water partition coefficient (Wildman–Crippen LogP) is 6.00. The monoisotopic (exact) mass is 403 g/mol. The first kappa shape index (κ1) is 19.5. The van der Waals surface area contributed by atoms with Crippen LogP contribution in [-0.2, 0) is 6.42 Å². The fraction of sp³-hybridized carbons (Fsp3) is 0.381. The van der Waals surface area contributed by atoms with Crippen molar-refractivity contribution in [3.63, 3.8) is 0 Å². The summed E-state index contributed by atoms with van der Waals surface area (Å²) in [5.74, 6) is 1.03. The van der Waals surface area contributed by atoms with Gasteiger partial charge in [0.1, 0.15) is 5.75 Å². The van der Waals surface area contributed by atoms with Gasteiger partial charge in [0.25, 0.3) is 5.91 Å². The molecule has 0 saturated carbocycles. The number of benzene rings is 2.